The van der Waals surface area contributed by atoms with E-state index >= 15 is 0 Å². The average Bonchev–Trinajstić information content (AvgIpc) is 3.01. The molecule has 2 aromatic heterocycles. The standard InChI is InChI=1S/C16H24N6S.HI/c1-12-5-6-13(9-19-12)7-8-18-15(17-2)20-10-14-11-23-16(21-14)22(3)4;/h5-6,9,11H,7-8,10H2,1-4H3,(H2,17,18,20);1H. The lowest BCUT2D eigenvalue weighted by atomic mass is 10.2. The first-order valence-corrected chi connectivity index (χ1v) is 8.44. The van der Waals surface area contributed by atoms with E-state index in [9.17, 15) is 0 Å². The minimum Gasteiger partial charge on any atom is -0.356 e. The molecule has 0 aromatic carbocycles. The van der Waals surface area contributed by atoms with Crippen LogP contribution in [0.5, 0.6) is 0 Å². The van der Waals surface area contributed by atoms with Crippen molar-refractivity contribution in [2.75, 3.05) is 32.6 Å². The summed E-state index contributed by atoms with van der Waals surface area (Å²) in [7, 11) is 5.77. The van der Waals surface area contributed by atoms with E-state index in [2.05, 4.69) is 37.0 Å². The van der Waals surface area contributed by atoms with Gasteiger partial charge in [0, 0.05) is 45.0 Å². The predicted molar refractivity (Wildman–Crippen MR) is 113 cm³/mol. The monoisotopic (exact) mass is 460 g/mol. The number of hydrogen-bond acceptors (Lipinski definition) is 5. The molecule has 0 saturated carbocycles. The Labute approximate surface area is 164 Å². The Balaban J connectivity index is 0.00000288. The smallest absolute Gasteiger partial charge is 0.191 e. The third-order valence-corrected chi connectivity index (χ3v) is 4.32. The van der Waals surface area contributed by atoms with Crippen LogP contribution in [0.25, 0.3) is 0 Å². The summed E-state index contributed by atoms with van der Waals surface area (Å²) >= 11 is 1.64. The second-order valence-corrected chi connectivity index (χ2v) is 6.26. The molecule has 2 N–H and O–H groups in total. The number of anilines is 1. The quantitative estimate of drug-likeness (QED) is 0.394. The Hall–Kier alpha value is -1.42. The number of aliphatic imine (C=N–C) groups is 1. The molecule has 0 aliphatic heterocycles. The second kappa shape index (κ2) is 10.4. The first-order chi connectivity index (χ1) is 11.1. The van der Waals surface area contributed by atoms with Crippen LogP contribution in [0.4, 0.5) is 5.13 Å². The lowest BCUT2D eigenvalue weighted by Crippen LogP contribution is -2.37. The highest BCUT2D eigenvalue weighted by atomic mass is 127. The molecule has 0 aliphatic rings. The van der Waals surface area contributed by atoms with Crippen LogP contribution in [-0.4, -0.2) is 43.6 Å². The van der Waals surface area contributed by atoms with Crippen LogP contribution in [-0.2, 0) is 13.0 Å². The number of aromatic nitrogens is 2. The summed E-state index contributed by atoms with van der Waals surface area (Å²) < 4.78 is 0. The third-order valence-electron chi connectivity index (χ3n) is 3.26. The zero-order chi connectivity index (χ0) is 16.7. The van der Waals surface area contributed by atoms with Gasteiger partial charge in [-0.3, -0.25) is 9.98 Å². The van der Waals surface area contributed by atoms with Crippen molar-refractivity contribution < 1.29 is 0 Å². The summed E-state index contributed by atoms with van der Waals surface area (Å²) in [6, 6.07) is 4.14. The maximum atomic E-state index is 4.54. The van der Waals surface area contributed by atoms with Crippen LogP contribution < -0.4 is 15.5 Å². The van der Waals surface area contributed by atoms with Gasteiger partial charge in [0.05, 0.1) is 12.2 Å². The summed E-state index contributed by atoms with van der Waals surface area (Å²) in [5.74, 6) is 0.782. The molecule has 2 rings (SSSR count). The largest absolute Gasteiger partial charge is 0.356 e. The Kier molecular flexibility index (Phi) is 8.98. The maximum absolute atomic E-state index is 4.54. The van der Waals surface area contributed by atoms with Crippen molar-refractivity contribution in [2.24, 2.45) is 4.99 Å². The van der Waals surface area contributed by atoms with Crippen LogP contribution in [0, 0.1) is 6.92 Å². The van der Waals surface area contributed by atoms with Crippen molar-refractivity contribution >= 4 is 46.4 Å². The van der Waals surface area contributed by atoms with E-state index in [0.29, 0.717) is 6.54 Å². The molecule has 24 heavy (non-hydrogen) atoms. The first kappa shape index (κ1) is 20.6. The van der Waals surface area contributed by atoms with E-state index in [1.54, 1.807) is 18.4 Å². The van der Waals surface area contributed by atoms with Gasteiger partial charge in [0.2, 0.25) is 0 Å². The molecule has 0 saturated heterocycles. The third kappa shape index (κ3) is 6.60. The highest BCUT2D eigenvalue weighted by Crippen LogP contribution is 2.17. The van der Waals surface area contributed by atoms with Gasteiger partial charge in [-0.05, 0) is 25.0 Å². The zero-order valence-corrected chi connectivity index (χ0v) is 17.7. The van der Waals surface area contributed by atoms with Crippen LogP contribution in [0.2, 0.25) is 0 Å². The molecule has 6 nitrogen and oxygen atoms in total. The van der Waals surface area contributed by atoms with Crippen LogP contribution in [0.15, 0.2) is 28.7 Å². The van der Waals surface area contributed by atoms with Crippen LogP contribution in [0.3, 0.4) is 0 Å². The molecule has 0 fully saturated rings. The van der Waals surface area contributed by atoms with E-state index in [4.69, 9.17) is 0 Å². The molecular weight excluding hydrogens is 435 g/mol. The summed E-state index contributed by atoms with van der Waals surface area (Å²) in [6.45, 7) is 3.47. The number of nitrogens with zero attached hydrogens (tertiary/aromatic N) is 4. The van der Waals surface area contributed by atoms with E-state index in [-0.39, 0.29) is 24.0 Å². The topological polar surface area (TPSA) is 65.4 Å². The Morgan fingerprint density at radius 2 is 2.08 bits per heavy atom. The average molecular weight is 460 g/mol. The Morgan fingerprint density at radius 3 is 2.67 bits per heavy atom. The number of thiazole rings is 1. The van der Waals surface area contributed by atoms with Gasteiger partial charge in [-0.2, -0.15) is 0 Å². The van der Waals surface area contributed by atoms with E-state index < -0.39 is 0 Å². The molecule has 0 aliphatic carbocycles. The fourth-order valence-electron chi connectivity index (χ4n) is 1.95. The maximum Gasteiger partial charge on any atom is 0.191 e. The van der Waals surface area contributed by atoms with Crippen molar-refractivity contribution in [2.45, 2.75) is 19.9 Å². The summed E-state index contributed by atoms with van der Waals surface area (Å²) in [5, 5.41) is 9.66. The van der Waals surface area contributed by atoms with Gasteiger partial charge < -0.3 is 15.5 Å². The summed E-state index contributed by atoms with van der Waals surface area (Å²) in [6.07, 6.45) is 2.83. The predicted octanol–water partition coefficient (Wildman–Crippen LogP) is 2.44. The van der Waals surface area contributed by atoms with Gasteiger partial charge in [-0.25, -0.2) is 4.98 Å². The number of nitrogens with one attached hydrogen (secondary N) is 2. The number of guanidine groups is 1. The van der Waals surface area contributed by atoms with Gasteiger partial charge in [0.25, 0.3) is 0 Å². The lowest BCUT2D eigenvalue weighted by molar-refractivity contribution is 0.784. The first-order valence-electron chi connectivity index (χ1n) is 7.56. The lowest BCUT2D eigenvalue weighted by Gasteiger charge is -2.11. The molecule has 2 heterocycles. The number of pyridine rings is 1. The fourth-order valence-corrected chi connectivity index (χ4v) is 2.71. The van der Waals surface area contributed by atoms with Crippen molar-refractivity contribution in [3.8, 4) is 0 Å². The number of aryl methyl sites for hydroxylation is 1. The number of halogens is 1. The molecule has 0 bridgehead atoms. The van der Waals surface area contributed by atoms with E-state index in [1.165, 1.54) is 5.56 Å². The van der Waals surface area contributed by atoms with Crippen molar-refractivity contribution in [3.05, 3.63) is 40.7 Å². The molecule has 0 amide bonds. The zero-order valence-electron chi connectivity index (χ0n) is 14.5. The molecule has 0 radical (unpaired) electrons. The summed E-state index contributed by atoms with van der Waals surface area (Å²) in [5.41, 5.74) is 3.28. The van der Waals surface area contributed by atoms with Crippen molar-refractivity contribution in [1.82, 2.24) is 20.6 Å². The highest BCUT2D eigenvalue weighted by Gasteiger charge is 2.04. The molecule has 0 spiro atoms. The Morgan fingerprint density at radius 1 is 1.29 bits per heavy atom. The van der Waals surface area contributed by atoms with Crippen molar-refractivity contribution in [3.63, 3.8) is 0 Å². The highest BCUT2D eigenvalue weighted by molar-refractivity contribution is 14.0. The van der Waals surface area contributed by atoms with Crippen LogP contribution >= 0.6 is 35.3 Å². The Bertz CT molecular complexity index is 638. The normalized spacial score (nSPS) is 10.9. The molecule has 0 atom stereocenters. The summed E-state index contributed by atoms with van der Waals surface area (Å²) in [4.78, 5) is 15.1. The number of hydrogen-bond donors (Lipinski definition) is 2. The molecular formula is C16H25IN6S. The molecule has 2 aromatic rings. The SMILES string of the molecule is CN=C(NCCc1ccc(C)nc1)NCc1csc(N(C)C)n1.I. The minimum atomic E-state index is 0. The second-order valence-electron chi connectivity index (χ2n) is 5.43. The molecule has 0 unspecified atom stereocenters. The van der Waals surface area contributed by atoms with Gasteiger partial charge in [-0.15, -0.1) is 35.3 Å². The van der Waals surface area contributed by atoms with E-state index in [1.807, 2.05) is 38.2 Å². The van der Waals surface area contributed by atoms with Gasteiger partial charge in [-0.1, -0.05) is 6.07 Å². The van der Waals surface area contributed by atoms with Crippen molar-refractivity contribution in [1.29, 1.82) is 0 Å². The van der Waals surface area contributed by atoms with Gasteiger partial charge in [0.15, 0.2) is 11.1 Å². The van der Waals surface area contributed by atoms with Gasteiger partial charge in [0.1, 0.15) is 0 Å². The minimum absolute atomic E-state index is 0. The van der Waals surface area contributed by atoms with Gasteiger partial charge >= 0.3 is 0 Å². The van der Waals surface area contributed by atoms with E-state index in [0.717, 1.165) is 35.4 Å². The van der Waals surface area contributed by atoms with Crippen LogP contribution in [0.1, 0.15) is 17.0 Å². The molecule has 132 valence electrons. The number of rotatable bonds is 6. The molecule has 8 heteroatoms. The fraction of sp³-hybridized carbons (Fsp3) is 0.438.